The average molecular weight is 529 g/mol. The number of nitrogen functional groups attached to an aromatic ring is 1. The van der Waals surface area contributed by atoms with Crippen LogP contribution in [-0.4, -0.2) is 58.2 Å². The van der Waals surface area contributed by atoms with Crippen LogP contribution >= 0.6 is 11.6 Å². The van der Waals surface area contributed by atoms with Crippen LogP contribution in [0.1, 0.15) is 49.7 Å². The van der Waals surface area contributed by atoms with Gasteiger partial charge in [-0.25, -0.2) is 19.3 Å². The molecule has 1 aromatic carbocycles. The Kier molecular flexibility index (Phi) is 7.37. The number of carbonyl (C=O) groups excluding carboxylic acids is 2. The first kappa shape index (κ1) is 26.4. The maximum atomic E-state index is 12.9. The highest BCUT2D eigenvalue weighted by Crippen LogP contribution is 2.27. The van der Waals surface area contributed by atoms with Gasteiger partial charge in [-0.1, -0.05) is 17.7 Å². The van der Waals surface area contributed by atoms with Crippen LogP contribution in [0.5, 0.6) is 5.75 Å². The number of aliphatic imine (C=N–C) groups is 1. The Morgan fingerprint density at radius 3 is 2.65 bits per heavy atom. The number of anilines is 2. The van der Waals surface area contributed by atoms with Crippen molar-refractivity contribution >= 4 is 46.3 Å². The van der Waals surface area contributed by atoms with Gasteiger partial charge in [0.1, 0.15) is 11.4 Å². The highest BCUT2D eigenvalue weighted by molar-refractivity contribution is 6.29. The highest BCUT2D eigenvalue weighted by atomic mass is 35.5. The average Bonchev–Trinajstić information content (AvgIpc) is 3.22. The van der Waals surface area contributed by atoms with E-state index in [0.717, 1.165) is 5.56 Å². The number of nitrogens with two attached hydrogens (primary N) is 1. The lowest BCUT2D eigenvalue weighted by Gasteiger charge is -2.27. The van der Waals surface area contributed by atoms with Gasteiger partial charge in [-0.15, -0.1) is 0 Å². The Hall–Kier alpha value is -3.70. The number of carbonyl (C=O) groups is 2. The summed E-state index contributed by atoms with van der Waals surface area (Å²) in [5.74, 6) is 0.108. The van der Waals surface area contributed by atoms with Gasteiger partial charge < -0.3 is 19.9 Å². The second-order valence-electron chi connectivity index (χ2n) is 9.67. The smallest absolute Gasteiger partial charge is 0.414 e. The van der Waals surface area contributed by atoms with Crippen LogP contribution < -0.4 is 15.4 Å². The zero-order chi connectivity index (χ0) is 26.9. The molecule has 3 aromatic rings. The van der Waals surface area contributed by atoms with E-state index in [1.54, 1.807) is 33.9 Å². The third kappa shape index (κ3) is 6.00. The lowest BCUT2D eigenvalue weighted by Crippen LogP contribution is -2.34. The Labute approximate surface area is 219 Å². The Morgan fingerprint density at radius 1 is 1.27 bits per heavy atom. The summed E-state index contributed by atoms with van der Waals surface area (Å²) >= 11 is 6.20. The number of ether oxygens (including phenoxy) is 3. The lowest BCUT2D eigenvalue weighted by molar-refractivity contribution is 0.0342. The topological polar surface area (TPSA) is 134 Å². The number of hydrogen-bond acceptors (Lipinski definition) is 8. The standard InChI is InChI=1S/C25H29ClN6O5/c1-25(2,3)37-24(34)31(4)18-11-21(26)30-32-19(12-28-22(18)32)23(33)29-15-9-16(10-15)36-13-14-6-7-20(35-5)17(27)8-14/h6-8,11-12,16H,9-10,13,27H2,1-5H3. The minimum absolute atomic E-state index is 0.0429. The molecule has 2 heterocycles. The molecule has 37 heavy (non-hydrogen) atoms. The predicted octanol–water partition coefficient (Wildman–Crippen LogP) is 4.31. The first-order valence-electron chi connectivity index (χ1n) is 11.6. The van der Waals surface area contributed by atoms with E-state index >= 15 is 0 Å². The molecule has 0 saturated heterocycles. The second kappa shape index (κ2) is 10.3. The second-order valence-corrected chi connectivity index (χ2v) is 10.1. The van der Waals surface area contributed by atoms with Crippen molar-refractivity contribution in [3.8, 4) is 5.75 Å². The van der Waals surface area contributed by atoms with E-state index < -0.39 is 17.6 Å². The van der Waals surface area contributed by atoms with Gasteiger partial charge in [-0.05, 0) is 38.5 Å². The molecule has 11 nitrogen and oxygen atoms in total. The zero-order valence-electron chi connectivity index (χ0n) is 21.3. The van der Waals surface area contributed by atoms with Crippen molar-refractivity contribution < 1.29 is 23.8 Å². The van der Waals surface area contributed by atoms with E-state index in [0.29, 0.717) is 42.3 Å². The molecule has 0 spiro atoms. The monoisotopic (exact) mass is 528 g/mol. The molecule has 1 aliphatic rings. The fourth-order valence-electron chi connectivity index (χ4n) is 3.71. The molecule has 196 valence electrons. The number of aromatic nitrogens is 3. The molecule has 0 bridgehead atoms. The highest BCUT2D eigenvalue weighted by Gasteiger charge is 2.28. The number of imidazole rings is 1. The van der Waals surface area contributed by atoms with Gasteiger partial charge in [0.05, 0.1) is 37.4 Å². The van der Waals surface area contributed by atoms with Gasteiger partial charge in [-0.2, -0.15) is 5.10 Å². The maximum Gasteiger partial charge on any atom is 0.414 e. The van der Waals surface area contributed by atoms with Gasteiger partial charge in [0.2, 0.25) is 0 Å². The summed E-state index contributed by atoms with van der Waals surface area (Å²) < 4.78 is 17.8. The largest absolute Gasteiger partial charge is 0.495 e. The molecule has 1 fully saturated rings. The van der Waals surface area contributed by atoms with Crippen molar-refractivity contribution in [2.24, 2.45) is 4.99 Å². The van der Waals surface area contributed by atoms with E-state index in [-0.39, 0.29) is 22.6 Å². The lowest BCUT2D eigenvalue weighted by atomic mass is 9.93. The van der Waals surface area contributed by atoms with Gasteiger partial charge in [0.15, 0.2) is 16.5 Å². The molecule has 2 aromatic heterocycles. The minimum Gasteiger partial charge on any atom is -0.495 e. The van der Waals surface area contributed by atoms with E-state index in [4.69, 9.17) is 31.5 Å². The Balaban J connectivity index is 1.42. The predicted molar refractivity (Wildman–Crippen MR) is 140 cm³/mol. The van der Waals surface area contributed by atoms with E-state index in [1.807, 2.05) is 12.1 Å². The normalized spacial score (nSPS) is 15.3. The van der Waals surface area contributed by atoms with Gasteiger partial charge in [0, 0.05) is 31.7 Å². The molecule has 4 rings (SSSR count). The van der Waals surface area contributed by atoms with Crippen LogP contribution in [0.25, 0.3) is 5.65 Å². The van der Waals surface area contributed by atoms with Crippen molar-refractivity contribution in [2.75, 3.05) is 24.8 Å². The molecular weight excluding hydrogens is 500 g/mol. The van der Waals surface area contributed by atoms with Crippen LogP contribution in [0.2, 0.25) is 5.15 Å². The summed E-state index contributed by atoms with van der Waals surface area (Å²) in [6.07, 6.45) is 1.80. The minimum atomic E-state index is -0.683. The molecule has 0 radical (unpaired) electrons. The SMILES string of the molecule is COc1ccc(COC2CC(=NC(=O)c3cnc4c(N(C)C(=O)OC(C)(C)C)cc(Cl)nn34)C2)cc1N. The van der Waals surface area contributed by atoms with Crippen molar-refractivity contribution in [2.45, 2.75) is 51.9 Å². The number of rotatable bonds is 6. The van der Waals surface area contributed by atoms with Crippen molar-refractivity contribution in [3.05, 3.63) is 46.9 Å². The molecule has 0 aliphatic heterocycles. The fraction of sp³-hybridized carbons (Fsp3) is 0.400. The third-order valence-electron chi connectivity index (χ3n) is 5.63. The van der Waals surface area contributed by atoms with Gasteiger partial charge in [-0.3, -0.25) is 9.69 Å². The number of halogens is 1. The van der Waals surface area contributed by atoms with Crippen LogP contribution in [0.3, 0.4) is 0 Å². The summed E-state index contributed by atoms with van der Waals surface area (Å²) in [5, 5.41) is 4.27. The molecular formula is C25H29ClN6O5. The van der Waals surface area contributed by atoms with E-state index in [1.165, 1.54) is 28.7 Å². The number of hydrogen-bond donors (Lipinski definition) is 1. The Morgan fingerprint density at radius 2 is 2.00 bits per heavy atom. The van der Waals surface area contributed by atoms with Crippen LogP contribution in [0.4, 0.5) is 16.2 Å². The third-order valence-corrected chi connectivity index (χ3v) is 5.82. The number of nitrogens with zero attached hydrogens (tertiary/aromatic N) is 5. The van der Waals surface area contributed by atoms with Gasteiger partial charge in [0.25, 0.3) is 5.91 Å². The molecule has 2 amide bonds. The molecule has 1 saturated carbocycles. The fourth-order valence-corrected chi connectivity index (χ4v) is 3.89. The van der Waals surface area contributed by atoms with E-state index in [2.05, 4.69) is 15.1 Å². The number of methoxy groups -OCH3 is 1. The molecule has 1 aliphatic carbocycles. The first-order chi connectivity index (χ1) is 17.4. The summed E-state index contributed by atoms with van der Waals surface area (Å²) in [5.41, 5.74) is 8.19. The molecule has 0 unspecified atom stereocenters. The Bertz CT molecular complexity index is 1370. The van der Waals surface area contributed by atoms with Crippen LogP contribution in [-0.2, 0) is 16.1 Å². The quantitative estimate of drug-likeness (QED) is 0.468. The summed E-state index contributed by atoms with van der Waals surface area (Å²) in [7, 11) is 3.10. The summed E-state index contributed by atoms with van der Waals surface area (Å²) in [4.78, 5) is 35.2. The molecule has 12 heteroatoms. The number of fused-ring (bicyclic) bond motifs is 1. The van der Waals surface area contributed by atoms with E-state index in [9.17, 15) is 9.59 Å². The summed E-state index contributed by atoms with van der Waals surface area (Å²) in [6, 6.07) is 6.99. The molecule has 2 N–H and O–H groups in total. The van der Waals surface area contributed by atoms with Crippen molar-refractivity contribution in [1.29, 1.82) is 0 Å². The van der Waals surface area contributed by atoms with Gasteiger partial charge >= 0.3 is 6.09 Å². The van der Waals surface area contributed by atoms with Crippen molar-refractivity contribution in [3.63, 3.8) is 0 Å². The maximum absolute atomic E-state index is 12.9. The zero-order valence-corrected chi connectivity index (χ0v) is 22.1. The summed E-state index contributed by atoms with van der Waals surface area (Å²) in [6.45, 7) is 5.70. The van der Waals surface area contributed by atoms with Crippen LogP contribution in [0.15, 0.2) is 35.5 Å². The van der Waals surface area contributed by atoms with Crippen molar-refractivity contribution in [1.82, 2.24) is 14.6 Å². The number of amides is 2. The first-order valence-corrected chi connectivity index (χ1v) is 12.0. The van der Waals surface area contributed by atoms with Crippen LogP contribution in [0, 0.1) is 0 Å². The molecule has 0 atom stereocenters. The number of benzene rings is 1.